The Labute approximate surface area is 173 Å². The molecular formula is C22H26N6O2. The maximum Gasteiger partial charge on any atom is 0.263 e. The highest BCUT2D eigenvalue weighted by molar-refractivity contribution is 5.80. The van der Waals surface area contributed by atoms with Gasteiger partial charge >= 0.3 is 0 Å². The van der Waals surface area contributed by atoms with Crippen LogP contribution in [-0.2, 0) is 10.2 Å². The first-order chi connectivity index (χ1) is 14.6. The minimum absolute atomic E-state index is 0.0639. The number of fused-ring (bicyclic) bond motifs is 1. The molecule has 2 aromatic heterocycles. The maximum atomic E-state index is 13.1. The molecule has 1 unspecified atom stereocenters. The van der Waals surface area contributed by atoms with E-state index in [1.807, 2.05) is 18.2 Å². The molecule has 8 heteroatoms. The van der Waals surface area contributed by atoms with E-state index in [0.29, 0.717) is 23.6 Å². The van der Waals surface area contributed by atoms with Crippen LogP contribution in [0.15, 0.2) is 35.1 Å². The predicted molar refractivity (Wildman–Crippen MR) is 114 cm³/mol. The summed E-state index contributed by atoms with van der Waals surface area (Å²) in [6, 6.07) is 10.4. The van der Waals surface area contributed by atoms with Crippen molar-refractivity contribution in [2.75, 3.05) is 31.2 Å². The summed E-state index contributed by atoms with van der Waals surface area (Å²) < 4.78 is 5.61. The fourth-order valence-corrected chi connectivity index (χ4v) is 5.33. The lowest BCUT2D eigenvalue weighted by Crippen LogP contribution is -2.49. The summed E-state index contributed by atoms with van der Waals surface area (Å²) in [5, 5.41) is 8.16. The van der Waals surface area contributed by atoms with Gasteiger partial charge in [0.15, 0.2) is 5.65 Å². The summed E-state index contributed by atoms with van der Waals surface area (Å²) in [4.78, 5) is 23.0. The van der Waals surface area contributed by atoms with Gasteiger partial charge in [-0.3, -0.25) is 14.9 Å². The first-order valence-electron chi connectivity index (χ1n) is 10.7. The molecule has 1 saturated carbocycles. The summed E-state index contributed by atoms with van der Waals surface area (Å²) in [5.41, 5.74) is 8.68. The van der Waals surface area contributed by atoms with Gasteiger partial charge in [0.25, 0.3) is 5.56 Å². The fourth-order valence-electron chi connectivity index (χ4n) is 5.33. The first kappa shape index (κ1) is 18.1. The van der Waals surface area contributed by atoms with Crippen molar-refractivity contribution in [3.05, 3.63) is 51.9 Å². The van der Waals surface area contributed by atoms with E-state index in [9.17, 15) is 4.79 Å². The standard InChI is InChI=1S/C22H26N6O2/c23-15-12-30-13-21(15)8-10-28(11-9-21)20-24-18-16(19(29)25-20)17(26-27-18)22(6-7-22)14-4-2-1-3-5-14/h1-5,15H,6-13,23H2,(H2,24,25,26,27,29). The highest BCUT2D eigenvalue weighted by Crippen LogP contribution is 2.53. The van der Waals surface area contributed by atoms with Crippen molar-refractivity contribution >= 4 is 17.0 Å². The SMILES string of the molecule is NC1COCC12CCN(c1nc3n[nH]c(C4(c5ccccc5)CC4)c3c(=O)[nH]1)CC2. The van der Waals surface area contributed by atoms with Crippen LogP contribution in [0.5, 0.6) is 0 Å². The van der Waals surface area contributed by atoms with E-state index in [-0.39, 0.29) is 22.4 Å². The van der Waals surface area contributed by atoms with Crippen molar-refractivity contribution in [2.24, 2.45) is 11.1 Å². The number of aromatic amines is 2. The van der Waals surface area contributed by atoms with E-state index in [0.717, 1.165) is 51.1 Å². The van der Waals surface area contributed by atoms with Crippen LogP contribution in [0, 0.1) is 5.41 Å². The number of benzene rings is 1. The zero-order valence-electron chi connectivity index (χ0n) is 16.9. The van der Waals surface area contributed by atoms with Gasteiger partial charge in [0.1, 0.15) is 5.39 Å². The maximum absolute atomic E-state index is 13.1. The largest absolute Gasteiger partial charge is 0.379 e. The third-order valence-electron chi connectivity index (χ3n) is 7.50. The highest BCUT2D eigenvalue weighted by Gasteiger charge is 2.49. The van der Waals surface area contributed by atoms with Gasteiger partial charge in [0.2, 0.25) is 5.95 Å². The van der Waals surface area contributed by atoms with Crippen molar-refractivity contribution in [1.29, 1.82) is 0 Å². The van der Waals surface area contributed by atoms with Gasteiger partial charge < -0.3 is 15.4 Å². The first-order valence-corrected chi connectivity index (χ1v) is 10.7. The van der Waals surface area contributed by atoms with Gasteiger partial charge in [0, 0.05) is 30.0 Å². The van der Waals surface area contributed by atoms with Crippen molar-refractivity contribution in [3.8, 4) is 0 Å². The van der Waals surface area contributed by atoms with Crippen LogP contribution >= 0.6 is 0 Å². The molecule has 6 rings (SSSR count). The van der Waals surface area contributed by atoms with Gasteiger partial charge in [0.05, 0.1) is 18.9 Å². The number of nitrogens with two attached hydrogens (primary N) is 1. The number of rotatable bonds is 3. The van der Waals surface area contributed by atoms with Crippen molar-refractivity contribution in [2.45, 2.75) is 37.1 Å². The van der Waals surface area contributed by atoms with Gasteiger partial charge in [-0.1, -0.05) is 30.3 Å². The molecule has 4 heterocycles. The molecule has 1 spiro atoms. The van der Waals surface area contributed by atoms with Gasteiger partial charge in [-0.2, -0.15) is 10.1 Å². The van der Waals surface area contributed by atoms with Gasteiger partial charge in [-0.15, -0.1) is 0 Å². The average Bonchev–Trinajstić information content (AvgIpc) is 3.35. The molecule has 2 saturated heterocycles. The summed E-state index contributed by atoms with van der Waals surface area (Å²) in [6.45, 7) is 2.98. The molecule has 0 amide bonds. The second-order valence-corrected chi connectivity index (χ2v) is 9.11. The second kappa shape index (κ2) is 6.39. The molecule has 156 valence electrons. The van der Waals surface area contributed by atoms with Crippen molar-refractivity contribution in [3.63, 3.8) is 0 Å². The molecule has 1 aromatic carbocycles. The molecule has 3 aromatic rings. The lowest BCUT2D eigenvalue weighted by molar-refractivity contribution is 0.131. The monoisotopic (exact) mass is 406 g/mol. The number of anilines is 1. The zero-order chi connectivity index (χ0) is 20.3. The Hall–Kier alpha value is -2.71. The average molecular weight is 406 g/mol. The Morgan fingerprint density at radius 1 is 1.13 bits per heavy atom. The van der Waals surface area contributed by atoms with Crippen LogP contribution in [0.25, 0.3) is 11.0 Å². The summed E-state index contributed by atoms with van der Waals surface area (Å²) in [7, 11) is 0. The predicted octanol–water partition coefficient (Wildman–Crippen LogP) is 1.67. The molecule has 4 N–H and O–H groups in total. The zero-order valence-corrected chi connectivity index (χ0v) is 16.9. The Balaban J connectivity index is 1.32. The van der Waals surface area contributed by atoms with E-state index in [4.69, 9.17) is 15.5 Å². The molecule has 1 aliphatic carbocycles. The number of nitrogens with one attached hydrogen (secondary N) is 2. The molecule has 0 radical (unpaired) electrons. The minimum Gasteiger partial charge on any atom is -0.379 e. The van der Waals surface area contributed by atoms with Crippen LogP contribution < -0.4 is 16.2 Å². The van der Waals surface area contributed by atoms with Crippen LogP contribution in [0.4, 0.5) is 5.95 Å². The van der Waals surface area contributed by atoms with E-state index >= 15 is 0 Å². The summed E-state index contributed by atoms with van der Waals surface area (Å²) in [6.07, 6.45) is 3.90. The topological polar surface area (TPSA) is 113 Å². The molecule has 2 aliphatic heterocycles. The highest BCUT2D eigenvalue weighted by atomic mass is 16.5. The number of piperidine rings is 1. The van der Waals surface area contributed by atoms with E-state index in [1.165, 1.54) is 5.56 Å². The molecule has 8 nitrogen and oxygen atoms in total. The van der Waals surface area contributed by atoms with Crippen molar-refractivity contribution in [1.82, 2.24) is 20.2 Å². The Morgan fingerprint density at radius 3 is 2.57 bits per heavy atom. The molecular weight excluding hydrogens is 380 g/mol. The third kappa shape index (κ3) is 2.56. The number of H-pyrrole nitrogens is 2. The van der Waals surface area contributed by atoms with E-state index < -0.39 is 0 Å². The number of hydrogen-bond donors (Lipinski definition) is 3. The molecule has 30 heavy (non-hydrogen) atoms. The van der Waals surface area contributed by atoms with Crippen molar-refractivity contribution < 1.29 is 4.74 Å². The van der Waals surface area contributed by atoms with Gasteiger partial charge in [-0.25, -0.2) is 0 Å². The van der Waals surface area contributed by atoms with E-state index in [1.54, 1.807) is 0 Å². The fraction of sp³-hybridized carbons (Fsp3) is 0.500. The minimum atomic E-state index is -0.150. The lowest BCUT2D eigenvalue weighted by Gasteiger charge is -2.40. The smallest absolute Gasteiger partial charge is 0.263 e. The molecule has 3 fully saturated rings. The van der Waals surface area contributed by atoms with E-state index in [2.05, 4.69) is 32.2 Å². The number of hydrogen-bond acceptors (Lipinski definition) is 6. The number of nitrogens with zero attached hydrogens (tertiary/aromatic N) is 3. The Kier molecular flexibility index (Phi) is 3.85. The van der Waals surface area contributed by atoms with Crippen LogP contribution in [0.1, 0.15) is 36.9 Å². The second-order valence-electron chi connectivity index (χ2n) is 9.11. The quantitative estimate of drug-likeness (QED) is 0.610. The molecule has 0 bridgehead atoms. The molecule has 3 aliphatic rings. The molecule has 1 atom stereocenters. The third-order valence-corrected chi connectivity index (χ3v) is 7.50. The normalized spacial score (nSPS) is 24.6. The van der Waals surface area contributed by atoms with Crippen LogP contribution in [0.3, 0.4) is 0 Å². The summed E-state index contributed by atoms with van der Waals surface area (Å²) >= 11 is 0. The van der Waals surface area contributed by atoms with Gasteiger partial charge in [-0.05, 0) is 31.2 Å². The summed E-state index contributed by atoms with van der Waals surface area (Å²) in [5.74, 6) is 0.595. The van der Waals surface area contributed by atoms with Crippen LogP contribution in [0.2, 0.25) is 0 Å². The number of aromatic nitrogens is 4. The Morgan fingerprint density at radius 2 is 1.90 bits per heavy atom. The number of ether oxygens (including phenoxy) is 1. The van der Waals surface area contributed by atoms with Crippen LogP contribution in [-0.4, -0.2) is 52.5 Å². The Bertz CT molecular complexity index is 1140. The lowest BCUT2D eigenvalue weighted by atomic mass is 9.75.